The Morgan fingerprint density at radius 1 is 0.267 bits per heavy atom. The highest BCUT2D eigenvalue weighted by molar-refractivity contribution is 9.08. The van der Waals surface area contributed by atoms with Gasteiger partial charge >= 0.3 is 59.7 Å². The van der Waals surface area contributed by atoms with Crippen molar-refractivity contribution in [3.8, 4) is 28.7 Å². The van der Waals surface area contributed by atoms with Crippen LogP contribution in [0, 0.1) is 0 Å². The van der Waals surface area contributed by atoms with E-state index in [4.69, 9.17) is 95.5 Å². The summed E-state index contributed by atoms with van der Waals surface area (Å²) < 4.78 is 93.7. The second-order valence-corrected chi connectivity index (χ2v) is 32.7. The van der Waals surface area contributed by atoms with Gasteiger partial charge in [-0.25, -0.2) is 19.2 Å². The second kappa shape index (κ2) is 97.4. The number of hydrogen-bond donors (Lipinski definition) is 2. The number of aliphatic hydroxyl groups excluding tert-OH is 2. The molecule has 31 nitrogen and oxygen atoms in total. The standard InChI is InChI=1S/2C24H34O6.2C23H32O6.C18H25BrO5.C6H12O2/c2*1-4-28-23(25)15-11-19-30-22-14-10-13-20(12-8-6-7-9-18-27-3)21(22)16-17-24(26)29-5-2;2*1-3-27-22(25)14-10-18-29-21-13-9-12-19(11-7-5-6-8-17-24)20(21)15-16-23(26)28-4-2;1-3-22-17(20)9-6-12-24-16-8-5-7-14(13-19)15(16)10-11-18(21)23-4-2;1-8-6-4-2-3-5-7/h2*8,10,12-14,16-17H,4-7,9,11,15,18-19H2,1-3H3;2*7,9,11-13,15-16,24H,3-6,8,10,14,17-18H2,1-2H3;5,7-8H,3-4,6,9-13H2,1-2H3;5H,2-4,6H2,1H3/b2*12-8?,17-16+;2*11-7?,16-15+;;. The van der Waals surface area contributed by atoms with Crippen LogP contribution < -0.4 is 23.7 Å². The third kappa shape index (κ3) is 72.1. The number of carbonyl (C=O) groups excluding carboxylic acids is 11. The predicted octanol–water partition coefficient (Wildman–Crippen LogP) is 22.8. The van der Waals surface area contributed by atoms with Crippen LogP contribution in [0.4, 0.5) is 0 Å². The van der Waals surface area contributed by atoms with Crippen LogP contribution in [0.3, 0.4) is 0 Å². The molecular weight excluding hydrogens is 1990 g/mol. The number of halogens is 1. The quantitative estimate of drug-likeness (QED) is 0.00911. The van der Waals surface area contributed by atoms with E-state index in [1.54, 1.807) is 115 Å². The number of aldehydes is 1. The Balaban J connectivity index is 0.00000182. The van der Waals surface area contributed by atoms with E-state index in [0.717, 1.165) is 177 Å². The normalized spacial score (nSPS) is 10.9. The zero-order chi connectivity index (χ0) is 111. The number of benzene rings is 5. The first-order valence-electron chi connectivity index (χ1n) is 52.5. The third-order valence-electron chi connectivity index (χ3n) is 20.4. The van der Waals surface area contributed by atoms with E-state index in [1.165, 1.54) is 24.3 Å². The molecule has 150 heavy (non-hydrogen) atoms. The maximum atomic E-state index is 11.8. The third-order valence-corrected chi connectivity index (χ3v) is 21.0. The molecule has 0 heterocycles. The monoisotopic (exact) mass is 2160 g/mol. The van der Waals surface area contributed by atoms with E-state index < -0.39 is 23.9 Å². The predicted molar refractivity (Wildman–Crippen MR) is 591 cm³/mol. The van der Waals surface area contributed by atoms with Crippen molar-refractivity contribution in [2.45, 2.75) is 248 Å². The number of rotatable bonds is 74. The Morgan fingerprint density at radius 2 is 0.500 bits per heavy atom. The summed E-state index contributed by atoms with van der Waals surface area (Å²) in [6.07, 6.45) is 48.5. The van der Waals surface area contributed by atoms with Gasteiger partial charge in [-0.1, -0.05) is 125 Å². The molecule has 0 saturated carbocycles. The number of allylic oxidation sites excluding steroid dienone is 4. The molecular formula is C118H169BrO31. The van der Waals surface area contributed by atoms with Crippen molar-refractivity contribution in [2.75, 3.05) is 153 Å². The van der Waals surface area contributed by atoms with Gasteiger partial charge in [0.2, 0.25) is 0 Å². The molecule has 0 fully saturated rings. The molecule has 2 N–H and O–H groups in total. The fourth-order valence-corrected chi connectivity index (χ4v) is 13.8. The van der Waals surface area contributed by atoms with E-state index in [9.17, 15) is 52.7 Å². The van der Waals surface area contributed by atoms with Crippen LogP contribution in [-0.2, 0) is 126 Å². The van der Waals surface area contributed by atoms with Crippen molar-refractivity contribution in [3.63, 3.8) is 0 Å². The molecule has 5 aromatic rings. The number of aliphatic hydroxyl groups is 2. The topological polar surface area (TPSA) is 394 Å². The van der Waals surface area contributed by atoms with Gasteiger partial charge in [0.1, 0.15) is 35.0 Å². The fourth-order valence-electron chi connectivity index (χ4n) is 13.3. The average molecular weight is 2160 g/mol. The summed E-state index contributed by atoms with van der Waals surface area (Å²) in [6.45, 7) is 25.9. The largest absolute Gasteiger partial charge is 0.493 e. The number of hydrogen-bond acceptors (Lipinski definition) is 31. The highest BCUT2D eigenvalue weighted by Crippen LogP contribution is 2.32. The molecule has 0 bridgehead atoms. The highest BCUT2D eigenvalue weighted by Gasteiger charge is 2.18. The van der Waals surface area contributed by atoms with Gasteiger partial charge in [-0.2, -0.15) is 0 Å². The van der Waals surface area contributed by atoms with E-state index in [0.29, 0.717) is 211 Å². The molecule has 0 spiro atoms. The minimum atomic E-state index is -0.414. The lowest BCUT2D eigenvalue weighted by atomic mass is 10.0. The summed E-state index contributed by atoms with van der Waals surface area (Å²) in [5.41, 5.74) is 8.96. The fraction of sp³-hybridized carbons (Fsp3) is 0.517. The number of esters is 10. The zero-order valence-corrected chi connectivity index (χ0v) is 92.6. The van der Waals surface area contributed by atoms with Crippen LogP contribution >= 0.6 is 15.9 Å². The Labute approximate surface area is 899 Å². The maximum Gasteiger partial charge on any atom is 0.330 e. The molecule has 0 atom stereocenters. The molecule has 0 amide bonds. The van der Waals surface area contributed by atoms with Crippen molar-refractivity contribution in [1.29, 1.82) is 0 Å². The second-order valence-electron chi connectivity index (χ2n) is 32.2. The number of unbranched alkanes of at least 4 members (excludes halogenated alkanes) is 10. The molecule has 0 aliphatic rings. The lowest BCUT2D eigenvalue weighted by Crippen LogP contribution is -2.09. The number of ether oxygens (including phenoxy) is 18. The Kier molecular flexibility index (Phi) is 89.4. The Bertz CT molecular complexity index is 4520. The van der Waals surface area contributed by atoms with Gasteiger partial charge in [-0.3, -0.25) is 28.8 Å². The van der Waals surface area contributed by atoms with Crippen LogP contribution in [0.1, 0.15) is 292 Å². The minimum Gasteiger partial charge on any atom is -0.493 e. The van der Waals surface area contributed by atoms with E-state index in [-0.39, 0.29) is 49.0 Å². The first-order chi connectivity index (χ1) is 73.0. The van der Waals surface area contributed by atoms with Gasteiger partial charge in [-0.05, 0) is 286 Å². The van der Waals surface area contributed by atoms with Gasteiger partial charge < -0.3 is 100 Å². The summed E-state index contributed by atoms with van der Waals surface area (Å²) in [4.78, 5) is 125. The summed E-state index contributed by atoms with van der Waals surface area (Å²) in [6, 6.07) is 28.6. The van der Waals surface area contributed by atoms with E-state index in [2.05, 4.69) is 28.1 Å². The van der Waals surface area contributed by atoms with Crippen LogP contribution in [0.25, 0.3) is 48.6 Å². The van der Waals surface area contributed by atoms with Crippen LogP contribution in [-0.4, -0.2) is 230 Å². The van der Waals surface area contributed by atoms with Gasteiger partial charge in [0.25, 0.3) is 0 Å². The molecule has 0 aromatic heterocycles. The van der Waals surface area contributed by atoms with Gasteiger partial charge in [0.15, 0.2) is 0 Å². The van der Waals surface area contributed by atoms with E-state index >= 15 is 0 Å². The number of carbonyl (C=O) groups is 11. The summed E-state index contributed by atoms with van der Waals surface area (Å²) in [5, 5.41) is 18.4. The van der Waals surface area contributed by atoms with Gasteiger partial charge in [-0.15, -0.1) is 0 Å². The molecule has 0 radical (unpaired) electrons. The number of methoxy groups -OCH3 is 3. The van der Waals surface area contributed by atoms with Crippen molar-refractivity contribution in [1.82, 2.24) is 0 Å². The molecule has 5 aromatic carbocycles. The molecule has 32 heteroatoms. The molecule has 0 aliphatic heterocycles. The number of alkyl halides is 1. The molecule has 0 aliphatic carbocycles. The highest BCUT2D eigenvalue weighted by atomic mass is 79.9. The van der Waals surface area contributed by atoms with Crippen molar-refractivity contribution < 1.29 is 148 Å². The molecule has 0 saturated heterocycles. The molecule has 5 rings (SSSR count). The molecule has 0 unspecified atom stereocenters. The Morgan fingerprint density at radius 3 is 0.740 bits per heavy atom. The summed E-state index contributed by atoms with van der Waals surface area (Å²) in [7, 11) is 5.08. The van der Waals surface area contributed by atoms with Gasteiger partial charge in [0.05, 0.1) is 99.1 Å². The van der Waals surface area contributed by atoms with Gasteiger partial charge in [0, 0.05) is 151 Å². The smallest absolute Gasteiger partial charge is 0.330 e. The lowest BCUT2D eigenvalue weighted by Gasteiger charge is -2.14. The van der Waals surface area contributed by atoms with Crippen molar-refractivity contribution in [3.05, 3.63) is 195 Å². The lowest BCUT2D eigenvalue weighted by molar-refractivity contribution is -0.144. The van der Waals surface area contributed by atoms with Crippen LogP contribution in [0.5, 0.6) is 28.7 Å². The zero-order valence-electron chi connectivity index (χ0n) is 91.0. The molecule has 834 valence electrons. The van der Waals surface area contributed by atoms with E-state index in [1.807, 2.05) is 127 Å². The average Bonchev–Trinajstić information content (AvgIpc) is 0.849. The first-order valence-corrected chi connectivity index (χ1v) is 53.6. The van der Waals surface area contributed by atoms with Crippen molar-refractivity contribution in [2.24, 2.45) is 0 Å². The Hall–Kier alpha value is -12.3. The van der Waals surface area contributed by atoms with Crippen LogP contribution in [0.2, 0.25) is 0 Å². The summed E-state index contributed by atoms with van der Waals surface area (Å²) in [5.74, 6) is 0.338. The summed E-state index contributed by atoms with van der Waals surface area (Å²) >= 11 is 3.47. The maximum absolute atomic E-state index is 11.8. The van der Waals surface area contributed by atoms with Crippen molar-refractivity contribution >= 4 is 131 Å². The minimum absolute atomic E-state index is 0.191. The van der Waals surface area contributed by atoms with Crippen LogP contribution in [0.15, 0.2) is 140 Å². The first kappa shape index (κ1) is 138. The SMILES string of the molecule is CCOC(=O)/C=C/c1c(C=CCCCCO)cccc1OCCCC(=O)OCC.CCOC(=O)/C=C/c1c(C=CCCCCO)cccc1OCCCC(=O)OCC.CCOC(=O)/C=C/c1c(C=CCCCCOC)cccc1OCCCC(=O)OCC.CCOC(=O)/C=C/c1c(C=CCCCCOC)cccc1OCCCC(=O)OCC.CCOC(=O)CCCOc1cccc(CBr)c1CCC(=O)OCC.COCCCCC=O.